The highest BCUT2D eigenvalue weighted by atomic mass is 16.2. The number of fused-ring (bicyclic) bond motifs is 1. The fourth-order valence-corrected chi connectivity index (χ4v) is 3.54. The molecule has 0 spiro atoms. The molecule has 0 unspecified atom stereocenters. The normalized spacial score (nSPS) is 10.4. The molecule has 33 heavy (non-hydrogen) atoms. The fraction of sp³-hybridized carbons (Fsp3) is 0.222. The summed E-state index contributed by atoms with van der Waals surface area (Å²) in [6.45, 7) is 5.74. The minimum absolute atomic E-state index is 0.0383. The average molecular weight is 442 g/mol. The Balaban J connectivity index is 0.000000968. The first-order chi connectivity index (χ1) is 16.0. The van der Waals surface area contributed by atoms with Gasteiger partial charge in [-0.3, -0.25) is 4.79 Å². The Morgan fingerprint density at radius 2 is 1.64 bits per heavy atom. The van der Waals surface area contributed by atoms with Crippen LogP contribution in [-0.4, -0.2) is 28.2 Å². The van der Waals surface area contributed by atoms with Crippen molar-refractivity contribution in [2.75, 3.05) is 6.54 Å². The zero-order chi connectivity index (χ0) is 23.6. The highest BCUT2D eigenvalue weighted by Gasteiger charge is 2.10. The summed E-state index contributed by atoms with van der Waals surface area (Å²) in [5.74, 6) is 0.536. The zero-order valence-corrected chi connectivity index (χ0v) is 18.8. The van der Waals surface area contributed by atoms with Crippen LogP contribution in [0.25, 0.3) is 22.2 Å². The third-order valence-electron chi connectivity index (χ3n) is 5.30. The number of carbonyl (C=O) groups excluding carboxylic acids is 3. The number of nitrogens with one attached hydrogen (secondary N) is 1. The van der Waals surface area contributed by atoms with Crippen molar-refractivity contribution in [2.24, 2.45) is 5.92 Å². The van der Waals surface area contributed by atoms with Gasteiger partial charge in [-0.25, -0.2) is 4.98 Å². The summed E-state index contributed by atoms with van der Waals surface area (Å²) in [5, 5.41) is 2.99. The molecule has 168 valence electrons. The Morgan fingerprint density at radius 3 is 2.30 bits per heavy atom. The van der Waals surface area contributed by atoms with E-state index >= 15 is 0 Å². The Labute approximate surface area is 193 Å². The molecular formula is C27H27N3O3. The Hall–Kier alpha value is -4.02. The summed E-state index contributed by atoms with van der Waals surface area (Å²) in [5.41, 5.74) is 6.17. The molecule has 0 bridgehead atoms. The number of nitrogens with zero attached hydrogens (tertiary/aromatic N) is 2. The van der Waals surface area contributed by atoms with Gasteiger partial charge in [-0.05, 0) is 47.2 Å². The molecule has 0 radical (unpaired) electrons. The summed E-state index contributed by atoms with van der Waals surface area (Å²) in [6.07, 6.45) is 3.07. The van der Waals surface area contributed by atoms with Crippen molar-refractivity contribution in [3.8, 4) is 11.1 Å². The number of hydrogen-bond donors (Lipinski definition) is 1. The molecule has 0 aliphatic rings. The second-order valence-electron chi connectivity index (χ2n) is 8.16. The number of imidazole rings is 1. The van der Waals surface area contributed by atoms with Gasteiger partial charge in [0, 0.05) is 18.7 Å². The lowest BCUT2D eigenvalue weighted by Gasteiger charge is -2.08. The van der Waals surface area contributed by atoms with Gasteiger partial charge in [0.1, 0.15) is 0 Å². The molecule has 4 aromatic rings. The minimum atomic E-state index is -0.0383. The van der Waals surface area contributed by atoms with Crippen molar-refractivity contribution >= 4 is 23.1 Å². The number of benzene rings is 3. The molecule has 6 nitrogen and oxygen atoms in total. The van der Waals surface area contributed by atoms with Gasteiger partial charge in [0.25, 0.3) is 5.91 Å². The first-order valence-corrected chi connectivity index (χ1v) is 10.9. The Bertz CT molecular complexity index is 1220. The molecule has 0 fully saturated rings. The lowest BCUT2D eigenvalue weighted by molar-refractivity contribution is -0.191. The van der Waals surface area contributed by atoms with Crippen LogP contribution in [-0.2, 0) is 16.1 Å². The van der Waals surface area contributed by atoms with Crippen molar-refractivity contribution in [3.05, 3.63) is 90.3 Å². The van der Waals surface area contributed by atoms with E-state index in [1.165, 1.54) is 16.7 Å². The molecule has 3 aromatic carbocycles. The van der Waals surface area contributed by atoms with E-state index in [-0.39, 0.29) is 12.1 Å². The second-order valence-corrected chi connectivity index (χ2v) is 8.16. The zero-order valence-electron chi connectivity index (χ0n) is 18.8. The number of rotatable bonds is 7. The Kier molecular flexibility index (Phi) is 8.28. The molecule has 0 atom stereocenters. The van der Waals surface area contributed by atoms with Crippen LogP contribution in [0, 0.1) is 5.92 Å². The molecule has 6 heteroatoms. The number of hydrogen-bond acceptors (Lipinski definition) is 4. The van der Waals surface area contributed by atoms with E-state index in [4.69, 9.17) is 9.59 Å². The molecule has 1 amide bonds. The quantitative estimate of drug-likeness (QED) is 0.440. The maximum absolute atomic E-state index is 12.4. The van der Waals surface area contributed by atoms with E-state index in [0.717, 1.165) is 24.0 Å². The average Bonchev–Trinajstić information content (AvgIpc) is 3.22. The molecule has 1 aromatic heterocycles. The van der Waals surface area contributed by atoms with Gasteiger partial charge in [0.15, 0.2) is 0 Å². The largest absolute Gasteiger partial charge is 0.373 e. The van der Waals surface area contributed by atoms with Crippen LogP contribution >= 0.6 is 0 Å². The van der Waals surface area contributed by atoms with E-state index in [9.17, 15) is 4.79 Å². The fourth-order valence-electron chi connectivity index (χ4n) is 3.54. The third-order valence-corrected chi connectivity index (χ3v) is 5.30. The SMILES string of the molecule is CC(C)CCNC(=O)c1ccc2c(c1)ncn2Cc1ccc(-c2ccccc2)cc1.O=C=O. The van der Waals surface area contributed by atoms with Crippen LogP contribution in [0.3, 0.4) is 0 Å². The lowest BCUT2D eigenvalue weighted by atomic mass is 10.0. The van der Waals surface area contributed by atoms with Gasteiger partial charge < -0.3 is 9.88 Å². The Morgan fingerprint density at radius 1 is 0.970 bits per heavy atom. The summed E-state index contributed by atoms with van der Waals surface area (Å²) in [6, 6.07) is 24.7. The lowest BCUT2D eigenvalue weighted by Crippen LogP contribution is -2.25. The molecule has 0 aliphatic heterocycles. The number of amides is 1. The van der Waals surface area contributed by atoms with Crippen LogP contribution in [0.4, 0.5) is 0 Å². The van der Waals surface area contributed by atoms with Crippen molar-refractivity contribution in [1.82, 2.24) is 14.9 Å². The summed E-state index contributed by atoms with van der Waals surface area (Å²) < 4.78 is 2.12. The maximum Gasteiger partial charge on any atom is 0.373 e. The van der Waals surface area contributed by atoms with Gasteiger partial charge in [0.2, 0.25) is 0 Å². The molecule has 1 heterocycles. The predicted octanol–water partition coefficient (Wildman–Crippen LogP) is 4.94. The summed E-state index contributed by atoms with van der Waals surface area (Å²) >= 11 is 0. The predicted molar refractivity (Wildman–Crippen MR) is 128 cm³/mol. The standard InChI is InChI=1S/C26H27N3O.CO2/c1-19(2)14-15-27-26(30)23-12-13-25-24(16-23)28-18-29(25)17-20-8-10-22(11-9-20)21-6-4-3-5-7-21;2-1-3/h3-13,16,18-19H,14-15,17H2,1-2H3,(H,27,30);. The van der Waals surface area contributed by atoms with E-state index < -0.39 is 0 Å². The van der Waals surface area contributed by atoms with E-state index in [1.807, 2.05) is 30.6 Å². The smallest absolute Gasteiger partial charge is 0.352 e. The second kappa shape index (κ2) is 11.6. The van der Waals surface area contributed by atoms with Crippen LogP contribution in [0.2, 0.25) is 0 Å². The molecule has 0 saturated carbocycles. The van der Waals surface area contributed by atoms with Crippen molar-refractivity contribution in [2.45, 2.75) is 26.8 Å². The van der Waals surface area contributed by atoms with Crippen LogP contribution in [0.5, 0.6) is 0 Å². The molecule has 4 rings (SSSR count). The topological polar surface area (TPSA) is 81.1 Å². The van der Waals surface area contributed by atoms with Crippen molar-refractivity contribution < 1.29 is 14.4 Å². The molecular weight excluding hydrogens is 414 g/mol. The van der Waals surface area contributed by atoms with Gasteiger partial charge in [0.05, 0.1) is 17.4 Å². The maximum atomic E-state index is 12.4. The summed E-state index contributed by atoms with van der Waals surface area (Å²) in [7, 11) is 0. The molecule has 0 saturated heterocycles. The highest BCUT2D eigenvalue weighted by Crippen LogP contribution is 2.21. The minimum Gasteiger partial charge on any atom is -0.352 e. The first-order valence-electron chi connectivity index (χ1n) is 10.9. The highest BCUT2D eigenvalue weighted by molar-refractivity contribution is 5.97. The van der Waals surface area contributed by atoms with E-state index in [2.05, 4.69) is 77.2 Å². The van der Waals surface area contributed by atoms with Gasteiger partial charge in [-0.15, -0.1) is 0 Å². The van der Waals surface area contributed by atoms with Crippen LogP contribution in [0.1, 0.15) is 36.2 Å². The van der Waals surface area contributed by atoms with E-state index in [1.54, 1.807) is 0 Å². The van der Waals surface area contributed by atoms with Crippen LogP contribution in [0.15, 0.2) is 79.1 Å². The van der Waals surface area contributed by atoms with Crippen LogP contribution < -0.4 is 5.32 Å². The van der Waals surface area contributed by atoms with E-state index in [0.29, 0.717) is 18.0 Å². The summed E-state index contributed by atoms with van der Waals surface area (Å²) in [4.78, 5) is 33.1. The first kappa shape index (κ1) is 23.6. The monoisotopic (exact) mass is 441 g/mol. The van der Waals surface area contributed by atoms with Gasteiger partial charge in [-0.1, -0.05) is 68.4 Å². The third kappa shape index (κ3) is 6.48. The number of carbonyl (C=O) groups is 1. The van der Waals surface area contributed by atoms with Gasteiger partial charge in [-0.2, -0.15) is 9.59 Å². The van der Waals surface area contributed by atoms with Gasteiger partial charge >= 0.3 is 6.15 Å². The molecule has 1 N–H and O–H groups in total. The number of aromatic nitrogens is 2. The molecule has 0 aliphatic carbocycles. The van der Waals surface area contributed by atoms with Crippen molar-refractivity contribution in [3.63, 3.8) is 0 Å². The van der Waals surface area contributed by atoms with Crippen molar-refractivity contribution in [1.29, 1.82) is 0 Å².